The zero-order chi connectivity index (χ0) is 11.8. The first kappa shape index (κ1) is 10.0. The van der Waals surface area contributed by atoms with E-state index < -0.39 is 5.82 Å². The van der Waals surface area contributed by atoms with Crippen molar-refractivity contribution in [3.63, 3.8) is 0 Å². The molecule has 1 aliphatic carbocycles. The number of aromatic amines is 1. The molecule has 0 aromatic carbocycles. The van der Waals surface area contributed by atoms with Crippen LogP contribution >= 0.6 is 0 Å². The Bertz CT molecular complexity index is 547. The van der Waals surface area contributed by atoms with Crippen molar-refractivity contribution in [3.8, 4) is 0 Å². The lowest BCUT2D eigenvalue weighted by molar-refractivity contribution is 0.619. The zero-order valence-electron chi connectivity index (χ0n) is 8.94. The summed E-state index contributed by atoms with van der Waals surface area (Å²) in [5.41, 5.74) is 6.45. The lowest BCUT2D eigenvalue weighted by atomic mass is 10.3. The minimum Gasteiger partial charge on any atom is -0.368 e. The Kier molecular flexibility index (Phi) is 2.17. The number of aromatic nitrogens is 4. The molecule has 1 aliphatic rings. The molecule has 1 saturated carbocycles. The van der Waals surface area contributed by atoms with Crippen LogP contribution in [-0.2, 0) is 0 Å². The second kappa shape index (κ2) is 3.69. The summed E-state index contributed by atoms with van der Waals surface area (Å²) < 4.78 is 13.4. The van der Waals surface area contributed by atoms with E-state index in [1.165, 1.54) is 12.8 Å². The lowest BCUT2D eigenvalue weighted by Crippen LogP contribution is -2.02. The van der Waals surface area contributed by atoms with E-state index in [1.807, 2.05) is 6.07 Å². The monoisotopic (exact) mass is 234 g/mol. The van der Waals surface area contributed by atoms with Crippen molar-refractivity contribution in [2.75, 3.05) is 11.1 Å². The average Bonchev–Trinajstić information content (AvgIpc) is 3.05. The molecular formula is C10H11FN6. The van der Waals surface area contributed by atoms with Gasteiger partial charge in [-0.3, -0.25) is 5.10 Å². The van der Waals surface area contributed by atoms with Crippen LogP contribution in [0.15, 0.2) is 12.3 Å². The van der Waals surface area contributed by atoms with Crippen molar-refractivity contribution in [2.24, 2.45) is 0 Å². The number of nitrogen functional groups attached to an aromatic ring is 1. The lowest BCUT2D eigenvalue weighted by Gasteiger charge is -2.02. The van der Waals surface area contributed by atoms with Crippen LogP contribution in [-0.4, -0.2) is 20.2 Å². The van der Waals surface area contributed by atoms with Crippen LogP contribution in [0.2, 0.25) is 0 Å². The highest BCUT2D eigenvalue weighted by Crippen LogP contribution is 2.39. The van der Waals surface area contributed by atoms with Gasteiger partial charge in [0.1, 0.15) is 0 Å². The van der Waals surface area contributed by atoms with E-state index >= 15 is 0 Å². The summed E-state index contributed by atoms with van der Waals surface area (Å²) in [4.78, 5) is 7.31. The normalized spacial score (nSPS) is 14.9. The van der Waals surface area contributed by atoms with Crippen LogP contribution in [0.3, 0.4) is 0 Å². The minimum absolute atomic E-state index is 0.0202. The van der Waals surface area contributed by atoms with Crippen molar-refractivity contribution in [2.45, 2.75) is 18.8 Å². The summed E-state index contributed by atoms with van der Waals surface area (Å²) in [6.45, 7) is 0. The summed E-state index contributed by atoms with van der Waals surface area (Å²) in [7, 11) is 0. The second-order valence-electron chi connectivity index (χ2n) is 4.03. The third-order valence-electron chi connectivity index (χ3n) is 2.62. The molecule has 0 aliphatic heterocycles. The number of hydrogen-bond acceptors (Lipinski definition) is 5. The molecule has 4 N–H and O–H groups in total. The number of H-pyrrole nitrogens is 1. The van der Waals surface area contributed by atoms with Crippen LogP contribution in [0, 0.1) is 5.82 Å². The quantitative estimate of drug-likeness (QED) is 0.749. The van der Waals surface area contributed by atoms with E-state index in [2.05, 4.69) is 25.5 Å². The van der Waals surface area contributed by atoms with E-state index in [-0.39, 0.29) is 11.8 Å². The van der Waals surface area contributed by atoms with Crippen molar-refractivity contribution < 1.29 is 4.39 Å². The Morgan fingerprint density at radius 1 is 1.47 bits per heavy atom. The van der Waals surface area contributed by atoms with Gasteiger partial charge < -0.3 is 11.1 Å². The van der Waals surface area contributed by atoms with Crippen LogP contribution in [0.5, 0.6) is 0 Å². The van der Waals surface area contributed by atoms with Gasteiger partial charge in [-0.05, 0) is 12.8 Å². The fraction of sp³-hybridized carbons (Fsp3) is 0.300. The van der Waals surface area contributed by atoms with Crippen molar-refractivity contribution in [1.82, 2.24) is 20.2 Å². The molecule has 0 amide bonds. The molecular weight excluding hydrogens is 223 g/mol. The summed E-state index contributed by atoms with van der Waals surface area (Å²) >= 11 is 0. The number of halogens is 1. The highest BCUT2D eigenvalue weighted by atomic mass is 19.1. The first-order valence-electron chi connectivity index (χ1n) is 5.33. The summed E-state index contributed by atoms with van der Waals surface area (Å²) in [6, 6.07) is 1.86. The Morgan fingerprint density at radius 3 is 3.06 bits per heavy atom. The third-order valence-corrected chi connectivity index (χ3v) is 2.62. The molecule has 6 nitrogen and oxygen atoms in total. The standard InChI is InChI=1S/C10H11FN6/c11-6-4-13-10(12)15-9(6)14-8-3-7(16-17-8)5-1-2-5/h3-5H,1-2H2,(H4,12,13,14,15,16,17). The molecule has 0 spiro atoms. The predicted octanol–water partition coefficient (Wildman–Crippen LogP) is 1.54. The van der Waals surface area contributed by atoms with Gasteiger partial charge in [0.2, 0.25) is 5.95 Å². The largest absolute Gasteiger partial charge is 0.368 e. The minimum atomic E-state index is -0.560. The SMILES string of the molecule is Nc1ncc(F)c(Nc2cc(C3CC3)[nH]n2)n1. The van der Waals surface area contributed by atoms with Crippen LogP contribution < -0.4 is 11.1 Å². The number of rotatable bonds is 3. The Morgan fingerprint density at radius 2 is 2.29 bits per heavy atom. The van der Waals surface area contributed by atoms with E-state index in [9.17, 15) is 4.39 Å². The van der Waals surface area contributed by atoms with Crippen molar-refractivity contribution >= 4 is 17.6 Å². The summed E-state index contributed by atoms with van der Waals surface area (Å²) in [6.07, 6.45) is 3.38. The summed E-state index contributed by atoms with van der Waals surface area (Å²) in [5.74, 6) is 0.593. The van der Waals surface area contributed by atoms with E-state index in [4.69, 9.17) is 5.73 Å². The third kappa shape index (κ3) is 2.03. The Labute approximate surface area is 96.5 Å². The van der Waals surface area contributed by atoms with Gasteiger partial charge in [-0.2, -0.15) is 10.1 Å². The maximum Gasteiger partial charge on any atom is 0.222 e. The first-order valence-corrected chi connectivity index (χ1v) is 5.33. The van der Waals surface area contributed by atoms with Crippen molar-refractivity contribution in [1.29, 1.82) is 0 Å². The fourth-order valence-electron chi connectivity index (χ4n) is 1.59. The van der Waals surface area contributed by atoms with Gasteiger partial charge in [0.15, 0.2) is 17.5 Å². The van der Waals surface area contributed by atoms with E-state index in [1.54, 1.807) is 0 Å². The topological polar surface area (TPSA) is 92.5 Å². The number of anilines is 3. The second-order valence-corrected chi connectivity index (χ2v) is 4.03. The Hall–Kier alpha value is -2.18. The van der Waals surface area contributed by atoms with Gasteiger partial charge in [0.25, 0.3) is 0 Å². The molecule has 17 heavy (non-hydrogen) atoms. The molecule has 2 aromatic rings. The van der Waals surface area contributed by atoms with Crippen LogP contribution in [0.25, 0.3) is 0 Å². The first-order chi connectivity index (χ1) is 8.22. The highest BCUT2D eigenvalue weighted by Gasteiger charge is 2.25. The molecule has 2 aromatic heterocycles. The fourth-order valence-corrected chi connectivity index (χ4v) is 1.59. The van der Waals surface area contributed by atoms with Gasteiger partial charge in [-0.25, -0.2) is 9.37 Å². The molecule has 1 fully saturated rings. The van der Waals surface area contributed by atoms with Crippen LogP contribution in [0.1, 0.15) is 24.5 Å². The number of hydrogen-bond donors (Lipinski definition) is 3. The predicted molar refractivity (Wildman–Crippen MR) is 60.2 cm³/mol. The molecule has 0 saturated heterocycles. The van der Waals surface area contributed by atoms with Gasteiger partial charge in [-0.15, -0.1) is 0 Å². The molecule has 88 valence electrons. The highest BCUT2D eigenvalue weighted by molar-refractivity contribution is 5.53. The smallest absolute Gasteiger partial charge is 0.222 e. The molecule has 0 atom stereocenters. The van der Waals surface area contributed by atoms with Gasteiger partial charge in [-0.1, -0.05) is 0 Å². The number of nitrogens with two attached hydrogens (primary N) is 1. The van der Waals surface area contributed by atoms with Gasteiger partial charge >= 0.3 is 0 Å². The molecule has 0 radical (unpaired) electrons. The summed E-state index contributed by atoms with van der Waals surface area (Å²) in [5, 5.41) is 9.72. The average molecular weight is 234 g/mol. The van der Waals surface area contributed by atoms with Gasteiger partial charge in [0, 0.05) is 17.7 Å². The maximum atomic E-state index is 13.4. The number of nitrogens with one attached hydrogen (secondary N) is 2. The molecule has 0 bridgehead atoms. The molecule has 2 heterocycles. The number of nitrogens with zero attached hydrogens (tertiary/aromatic N) is 3. The Balaban J connectivity index is 1.82. The van der Waals surface area contributed by atoms with E-state index in [0.29, 0.717) is 11.7 Å². The molecule has 7 heteroatoms. The van der Waals surface area contributed by atoms with Crippen molar-refractivity contribution in [3.05, 3.63) is 23.8 Å². The zero-order valence-corrected chi connectivity index (χ0v) is 8.94. The van der Waals surface area contributed by atoms with Crippen LogP contribution in [0.4, 0.5) is 22.0 Å². The van der Waals surface area contributed by atoms with Gasteiger partial charge in [0.05, 0.1) is 6.20 Å². The van der Waals surface area contributed by atoms with E-state index in [0.717, 1.165) is 11.9 Å². The maximum absolute atomic E-state index is 13.4. The molecule has 0 unspecified atom stereocenters. The molecule has 3 rings (SSSR count).